The summed E-state index contributed by atoms with van der Waals surface area (Å²) in [5.41, 5.74) is 1.55. The number of nitrogens with zero attached hydrogens (tertiary/aromatic N) is 3. The average molecular weight is 486 g/mol. The van der Waals surface area contributed by atoms with Gasteiger partial charge >= 0.3 is 12.1 Å². The van der Waals surface area contributed by atoms with E-state index >= 15 is 0 Å². The molecule has 35 heavy (non-hydrogen) atoms. The quantitative estimate of drug-likeness (QED) is 0.497. The fourth-order valence-corrected chi connectivity index (χ4v) is 4.11. The SMILES string of the molecule is COc1ccc2nc(C=Cc3ccccn3)nc(NC3CCC(CNC(=O)C(F)(F)F)CC3)c2c1. The van der Waals surface area contributed by atoms with E-state index < -0.39 is 12.1 Å². The summed E-state index contributed by atoms with van der Waals surface area (Å²) in [5, 5.41) is 6.32. The number of alkyl halides is 3. The normalized spacial score (nSPS) is 18.5. The molecule has 2 N–H and O–H groups in total. The van der Waals surface area contributed by atoms with E-state index in [0.29, 0.717) is 30.2 Å². The first-order chi connectivity index (χ1) is 16.8. The maximum atomic E-state index is 12.4. The number of nitrogens with one attached hydrogen (secondary N) is 2. The summed E-state index contributed by atoms with van der Waals surface area (Å²) in [7, 11) is 1.60. The summed E-state index contributed by atoms with van der Waals surface area (Å²) < 4.78 is 42.6. The lowest BCUT2D eigenvalue weighted by atomic mass is 9.86. The molecule has 0 bridgehead atoms. The number of ether oxygens (including phenoxy) is 1. The molecule has 1 aliphatic rings. The minimum atomic E-state index is -4.85. The van der Waals surface area contributed by atoms with E-state index in [-0.39, 0.29) is 18.5 Å². The van der Waals surface area contributed by atoms with E-state index in [1.807, 2.05) is 47.8 Å². The molecule has 1 fully saturated rings. The highest BCUT2D eigenvalue weighted by Gasteiger charge is 2.38. The van der Waals surface area contributed by atoms with Crippen LogP contribution in [0.4, 0.5) is 19.0 Å². The minimum absolute atomic E-state index is 0.0125. The lowest BCUT2D eigenvalue weighted by Gasteiger charge is -2.30. The highest BCUT2D eigenvalue weighted by Crippen LogP contribution is 2.30. The molecule has 0 spiro atoms. The molecule has 0 radical (unpaired) electrons. The van der Waals surface area contributed by atoms with Gasteiger partial charge in [-0.05, 0) is 74.1 Å². The van der Waals surface area contributed by atoms with Crippen LogP contribution in [0.3, 0.4) is 0 Å². The van der Waals surface area contributed by atoms with Crippen molar-refractivity contribution in [3.8, 4) is 5.75 Å². The van der Waals surface area contributed by atoms with Crippen LogP contribution in [0.1, 0.15) is 37.2 Å². The number of methoxy groups -OCH3 is 1. The Hall–Kier alpha value is -3.69. The monoisotopic (exact) mass is 485 g/mol. The maximum Gasteiger partial charge on any atom is 0.471 e. The number of hydrogen-bond acceptors (Lipinski definition) is 6. The van der Waals surface area contributed by atoms with E-state index in [1.54, 1.807) is 19.4 Å². The lowest BCUT2D eigenvalue weighted by Crippen LogP contribution is -2.40. The number of aromatic nitrogens is 3. The van der Waals surface area contributed by atoms with Crippen molar-refractivity contribution in [1.29, 1.82) is 0 Å². The van der Waals surface area contributed by atoms with Gasteiger partial charge in [-0.3, -0.25) is 9.78 Å². The molecule has 0 saturated heterocycles. The fourth-order valence-electron chi connectivity index (χ4n) is 4.11. The second-order valence-corrected chi connectivity index (χ2v) is 8.47. The molecule has 2 aromatic heterocycles. The van der Waals surface area contributed by atoms with Crippen LogP contribution in [0.25, 0.3) is 23.1 Å². The number of fused-ring (bicyclic) bond motifs is 1. The molecule has 1 saturated carbocycles. The van der Waals surface area contributed by atoms with Gasteiger partial charge < -0.3 is 15.4 Å². The molecule has 1 aromatic carbocycles. The summed E-state index contributed by atoms with van der Waals surface area (Å²) in [5.74, 6) is 0.0108. The number of benzene rings is 1. The number of pyridine rings is 1. The van der Waals surface area contributed by atoms with Crippen LogP contribution in [0.15, 0.2) is 42.6 Å². The molecule has 7 nitrogen and oxygen atoms in total. The number of hydrogen-bond donors (Lipinski definition) is 2. The van der Waals surface area contributed by atoms with Crippen molar-refractivity contribution in [2.24, 2.45) is 5.92 Å². The van der Waals surface area contributed by atoms with Crippen LogP contribution in [0, 0.1) is 5.92 Å². The van der Waals surface area contributed by atoms with Crippen molar-refractivity contribution in [2.75, 3.05) is 19.0 Å². The molecule has 0 aliphatic heterocycles. The van der Waals surface area contributed by atoms with Crippen LogP contribution in [-0.2, 0) is 4.79 Å². The summed E-state index contributed by atoms with van der Waals surface area (Å²) in [6.45, 7) is 0.0289. The van der Waals surface area contributed by atoms with Crippen LogP contribution < -0.4 is 15.4 Å². The van der Waals surface area contributed by atoms with Gasteiger partial charge in [0.1, 0.15) is 11.6 Å². The van der Waals surface area contributed by atoms with E-state index in [1.165, 1.54) is 0 Å². The molecule has 184 valence electrons. The van der Waals surface area contributed by atoms with Crippen molar-refractivity contribution in [3.05, 3.63) is 54.1 Å². The minimum Gasteiger partial charge on any atom is -0.497 e. The maximum absolute atomic E-state index is 12.4. The van der Waals surface area contributed by atoms with Gasteiger partial charge in [0.2, 0.25) is 0 Å². The Labute approximate surface area is 200 Å². The zero-order valence-electron chi connectivity index (χ0n) is 19.2. The third-order valence-corrected chi connectivity index (χ3v) is 6.01. The summed E-state index contributed by atoms with van der Waals surface area (Å²) in [6.07, 6.45) is 3.42. The van der Waals surface area contributed by atoms with Crippen molar-refractivity contribution >= 4 is 34.8 Å². The zero-order valence-corrected chi connectivity index (χ0v) is 19.2. The number of carbonyl (C=O) groups is 1. The Morgan fingerprint density at radius 2 is 1.91 bits per heavy atom. The summed E-state index contributed by atoms with van der Waals surface area (Å²) in [6, 6.07) is 11.3. The van der Waals surface area contributed by atoms with E-state index in [0.717, 1.165) is 29.4 Å². The molecule has 0 atom stereocenters. The van der Waals surface area contributed by atoms with E-state index in [2.05, 4.69) is 15.3 Å². The fraction of sp³-hybridized carbons (Fsp3) is 0.360. The molecule has 1 aliphatic carbocycles. The Balaban J connectivity index is 1.47. The lowest BCUT2D eigenvalue weighted by molar-refractivity contribution is -0.173. The Morgan fingerprint density at radius 1 is 1.11 bits per heavy atom. The summed E-state index contributed by atoms with van der Waals surface area (Å²) >= 11 is 0. The van der Waals surface area contributed by atoms with Gasteiger partial charge in [-0.2, -0.15) is 13.2 Å². The highest BCUT2D eigenvalue weighted by atomic mass is 19.4. The first kappa shape index (κ1) is 24.4. The Kier molecular flexibility index (Phi) is 7.48. The standard InChI is InChI=1S/C25H26F3N5O2/c1-35-19-10-11-21-20(14-19)23(33-22(32-21)12-9-17-4-2-3-13-29-17)31-18-7-5-16(6-8-18)15-30-24(34)25(26,27)28/h2-4,9-14,16,18H,5-8,15H2,1H3,(H,30,34)(H,31,32,33). The van der Waals surface area contributed by atoms with E-state index in [9.17, 15) is 18.0 Å². The van der Waals surface area contributed by atoms with Gasteiger partial charge in [0, 0.05) is 24.2 Å². The molecule has 0 unspecified atom stereocenters. The number of carbonyl (C=O) groups excluding carboxylic acids is 1. The first-order valence-corrected chi connectivity index (χ1v) is 11.4. The van der Waals surface area contributed by atoms with Crippen LogP contribution in [-0.4, -0.2) is 46.7 Å². The summed E-state index contributed by atoms with van der Waals surface area (Å²) in [4.78, 5) is 24.7. The average Bonchev–Trinajstić information content (AvgIpc) is 2.86. The molecule has 4 rings (SSSR count). The van der Waals surface area contributed by atoms with Crippen LogP contribution in [0.5, 0.6) is 5.75 Å². The zero-order chi connectivity index (χ0) is 24.8. The third kappa shape index (κ3) is 6.46. The van der Waals surface area contributed by atoms with Gasteiger partial charge in [-0.15, -0.1) is 0 Å². The van der Waals surface area contributed by atoms with Crippen molar-refractivity contribution < 1.29 is 22.7 Å². The first-order valence-electron chi connectivity index (χ1n) is 11.4. The van der Waals surface area contributed by atoms with Gasteiger partial charge in [-0.1, -0.05) is 6.07 Å². The van der Waals surface area contributed by atoms with Crippen molar-refractivity contribution in [1.82, 2.24) is 20.3 Å². The molecule has 1 amide bonds. The number of halogens is 3. The Bertz CT molecular complexity index is 1190. The number of rotatable bonds is 7. The predicted octanol–water partition coefficient (Wildman–Crippen LogP) is 4.85. The highest BCUT2D eigenvalue weighted by molar-refractivity contribution is 5.91. The molecule has 2 heterocycles. The number of anilines is 1. The van der Waals surface area contributed by atoms with Gasteiger partial charge in [0.05, 0.1) is 18.3 Å². The third-order valence-electron chi connectivity index (χ3n) is 6.01. The predicted molar refractivity (Wildman–Crippen MR) is 128 cm³/mol. The largest absolute Gasteiger partial charge is 0.497 e. The van der Waals surface area contributed by atoms with E-state index in [4.69, 9.17) is 9.72 Å². The second kappa shape index (κ2) is 10.7. The van der Waals surface area contributed by atoms with Gasteiger partial charge in [0.15, 0.2) is 5.82 Å². The van der Waals surface area contributed by atoms with Crippen molar-refractivity contribution in [2.45, 2.75) is 37.9 Å². The molecular weight excluding hydrogens is 459 g/mol. The smallest absolute Gasteiger partial charge is 0.471 e. The van der Waals surface area contributed by atoms with Crippen LogP contribution >= 0.6 is 0 Å². The second-order valence-electron chi connectivity index (χ2n) is 8.47. The molecule has 3 aromatic rings. The topological polar surface area (TPSA) is 89.0 Å². The van der Waals surface area contributed by atoms with Gasteiger partial charge in [-0.25, -0.2) is 9.97 Å². The van der Waals surface area contributed by atoms with Crippen LogP contribution in [0.2, 0.25) is 0 Å². The Morgan fingerprint density at radius 3 is 2.60 bits per heavy atom. The van der Waals surface area contributed by atoms with Gasteiger partial charge in [0.25, 0.3) is 0 Å². The number of amides is 1. The molecular formula is C25H26F3N5O2. The van der Waals surface area contributed by atoms with Crippen molar-refractivity contribution in [3.63, 3.8) is 0 Å². The molecule has 10 heteroatoms.